The number of hydrogen-bond acceptors (Lipinski definition) is 5. The second-order valence-corrected chi connectivity index (χ2v) is 6.26. The number of hydrogen-bond donors (Lipinski definition) is 1. The first-order valence-electron chi connectivity index (χ1n) is 7.27. The highest BCUT2D eigenvalue weighted by Gasteiger charge is 2.22. The maximum absolute atomic E-state index is 12.3. The molecule has 0 radical (unpaired) electrons. The molecule has 1 N–H and O–H groups in total. The van der Waals surface area contributed by atoms with Crippen LogP contribution < -0.4 is 10.2 Å². The Morgan fingerprint density at radius 3 is 2.64 bits per heavy atom. The highest BCUT2D eigenvalue weighted by atomic mass is 32.1. The molecule has 6 nitrogen and oxygen atoms in total. The van der Waals surface area contributed by atoms with Gasteiger partial charge in [0.1, 0.15) is 5.82 Å². The molecule has 0 spiro atoms. The number of aromatic nitrogens is 2. The van der Waals surface area contributed by atoms with E-state index in [1.807, 2.05) is 42.5 Å². The third-order valence-corrected chi connectivity index (χ3v) is 4.42. The molecule has 3 rings (SSSR count). The molecule has 7 heteroatoms. The first-order chi connectivity index (χ1) is 10.6. The van der Waals surface area contributed by atoms with Crippen molar-refractivity contribution in [2.24, 2.45) is 0 Å². The van der Waals surface area contributed by atoms with Crippen LogP contribution in [0.4, 0.5) is 15.7 Å². The fourth-order valence-electron chi connectivity index (χ4n) is 2.57. The number of urea groups is 1. The number of rotatable bonds is 2. The van der Waals surface area contributed by atoms with Crippen LogP contribution in [0.3, 0.4) is 0 Å². The summed E-state index contributed by atoms with van der Waals surface area (Å²) in [4.78, 5) is 25.0. The molecule has 0 aliphatic carbocycles. The number of anilines is 2. The van der Waals surface area contributed by atoms with Crippen molar-refractivity contribution in [2.75, 3.05) is 36.4 Å². The smallest absolute Gasteiger partial charge is 0.323 e. The van der Waals surface area contributed by atoms with Crippen LogP contribution in [0.1, 0.15) is 11.3 Å². The van der Waals surface area contributed by atoms with E-state index in [1.54, 1.807) is 11.3 Å². The molecule has 0 bridgehead atoms. The number of carbonyl (C=O) groups is 1. The fourth-order valence-corrected chi connectivity index (χ4v) is 3.26. The number of amides is 2. The maximum atomic E-state index is 12.3. The Morgan fingerprint density at radius 1 is 1.23 bits per heavy atom. The molecule has 1 aliphatic rings. The van der Waals surface area contributed by atoms with Gasteiger partial charge in [-0.3, -0.25) is 5.32 Å². The number of thiazole rings is 1. The van der Waals surface area contributed by atoms with Gasteiger partial charge in [-0.05, 0) is 31.5 Å². The van der Waals surface area contributed by atoms with Gasteiger partial charge in [0.25, 0.3) is 0 Å². The van der Waals surface area contributed by atoms with Crippen molar-refractivity contribution in [3.05, 3.63) is 35.0 Å². The molecule has 1 aliphatic heterocycles. The SMILES string of the molecule is Cc1cc(C)nc(NC(=O)N2CCN(c3nccs3)CC2)c1. The Morgan fingerprint density at radius 2 is 2.00 bits per heavy atom. The molecule has 1 saturated heterocycles. The molecule has 0 aromatic carbocycles. The standard InChI is InChI=1S/C15H19N5OS/c1-11-9-12(2)17-13(10-11)18-14(21)19-4-6-20(7-5-19)15-16-3-8-22-15/h3,8-10H,4-7H2,1-2H3,(H,17,18,21). The molecule has 0 atom stereocenters. The summed E-state index contributed by atoms with van der Waals surface area (Å²) in [6, 6.07) is 3.79. The first-order valence-corrected chi connectivity index (χ1v) is 8.15. The van der Waals surface area contributed by atoms with Gasteiger partial charge in [0.05, 0.1) is 0 Å². The lowest BCUT2D eigenvalue weighted by molar-refractivity contribution is 0.208. The van der Waals surface area contributed by atoms with Crippen LogP contribution in [-0.4, -0.2) is 47.1 Å². The Bertz CT molecular complexity index is 630. The summed E-state index contributed by atoms with van der Waals surface area (Å²) in [5.41, 5.74) is 2.00. The lowest BCUT2D eigenvalue weighted by Gasteiger charge is -2.34. The van der Waals surface area contributed by atoms with Crippen molar-refractivity contribution >= 4 is 28.3 Å². The summed E-state index contributed by atoms with van der Waals surface area (Å²) >= 11 is 1.63. The van der Waals surface area contributed by atoms with Gasteiger partial charge < -0.3 is 9.80 Å². The summed E-state index contributed by atoms with van der Waals surface area (Å²) in [5.74, 6) is 0.616. The summed E-state index contributed by atoms with van der Waals surface area (Å²) in [7, 11) is 0. The second kappa shape index (κ2) is 6.31. The van der Waals surface area contributed by atoms with E-state index in [9.17, 15) is 4.79 Å². The molecule has 2 aromatic heterocycles. The number of pyridine rings is 1. The number of aryl methyl sites for hydroxylation is 2. The van der Waals surface area contributed by atoms with Crippen molar-refractivity contribution in [1.29, 1.82) is 0 Å². The summed E-state index contributed by atoms with van der Waals surface area (Å²) in [5, 5.41) is 5.88. The Kier molecular flexibility index (Phi) is 4.24. The third kappa shape index (κ3) is 3.36. The van der Waals surface area contributed by atoms with Crippen molar-refractivity contribution in [1.82, 2.24) is 14.9 Å². The van der Waals surface area contributed by atoms with Crippen molar-refractivity contribution < 1.29 is 4.79 Å². The van der Waals surface area contributed by atoms with Crippen LogP contribution in [0.2, 0.25) is 0 Å². The van der Waals surface area contributed by atoms with Crippen LogP contribution in [-0.2, 0) is 0 Å². The zero-order valence-corrected chi connectivity index (χ0v) is 13.6. The van der Waals surface area contributed by atoms with E-state index in [-0.39, 0.29) is 6.03 Å². The Balaban J connectivity index is 1.58. The molecule has 3 heterocycles. The highest BCUT2D eigenvalue weighted by molar-refractivity contribution is 7.13. The molecule has 0 unspecified atom stereocenters. The number of piperazine rings is 1. The Labute approximate surface area is 133 Å². The number of nitrogens with zero attached hydrogens (tertiary/aromatic N) is 4. The lowest BCUT2D eigenvalue weighted by atomic mass is 10.2. The molecule has 116 valence electrons. The third-order valence-electron chi connectivity index (χ3n) is 3.59. The molecule has 2 amide bonds. The molecule has 22 heavy (non-hydrogen) atoms. The number of nitrogens with one attached hydrogen (secondary N) is 1. The summed E-state index contributed by atoms with van der Waals surface area (Å²) in [6.07, 6.45) is 1.81. The largest absolute Gasteiger partial charge is 0.345 e. The Hall–Kier alpha value is -2.15. The second-order valence-electron chi connectivity index (χ2n) is 5.39. The van der Waals surface area contributed by atoms with Crippen molar-refractivity contribution in [3.8, 4) is 0 Å². The van der Waals surface area contributed by atoms with Crippen LogP contribution >= 0.6 is 11.3 Å². The molecule has 0 saturated carbocycles. The van der Waals surface area contributed by atoms with E-state index in [0.717, 1.165) is 29.5 Å². The van der Waals surface area contributed by atoms with Gasteiger partial charge >= 0.3 is 6.03 Å². The fraction of sp³-hybridized carbons (Fsp3) is 0.400. The van der Waals surface area contributed by atoms with Crippen LogP contribution in [0.15, 0.2) is 23.7 Å². The summed E-state index contributed by atoms with van der Waals surface area (Å²) in [6.45, 7) is 6.92. The highest BCUT2D eigenvalue weighted by Crippen LogP contribution is 2.19. The van der Waals surface area contributed by atoms with Crippen LogP contribution in [0.5, 0.6) is 0 Å². The molecule has 2 aromatic rings. The maximum Gasteiger partial charge on any atom is 0.323 e. The van der Waals surface area contributed by atoms with Gasteiger partial charge in [-0.15, -0.1) is 11.3 Å². The predicted octanol–water partition coefficient (Wildman–Crippen LogP) is 2.51. The molecular weight excluding hydrogens is 298 g/mol. The van der Waals surface area contributed by atoms with E-state index in [1.165, 1.54) is 0 Å². The van der Waals surface area contributed by atoms with Gasteiger partial charge in [-0.25, -0.2) is 14.8 Å². The van der Waals surface area contributed by atoms with Gasteiger partial charge in [0.2, 0.25) is 0 Å². The monoisotopic (exact) mass is 317 g/mol. The minimum absolute atomic E-state index is 0.0868. The summed E-state index contributed by atoms with van der Waals surface area (Å²) < 4.78 is 0. The average molecular weight is 317 g/mol. The topological polar surface area (TPSA) is 61.4 Å². The van der Waals surface area contributed by atoms with Crippen molar-refractivity contribution in [3.63, 3.8) is 0 Å². The van der Waals surface area contributed by atoms with Crippen LogP contribution in [0, 0.1) is 13.8 Å². The zero-order chi connectivity index (χ0) is 15.5. The van der Waals surface area contributed by atoms with Gasteiger partial charge in [-0.1, -0.05) is 0 Å². The van der Waals surface area contributed by atoms with Crippen LogP contribution in [0.25, 0.3) is 0 Å². The minimum Gasteiger partial charge on any atom is -0.345 e. The van der Waals surface area contributed by atoms with E-state index in [2.05, 4.69) is 20.2 Å². The van der Waals surface area contributed by atoms with Gasteiger partial charge in [0, 0.05) is 43.4 Å². The molecule has 1 fully saturated rings. The first kappa shape index (κ1) is 14.8. The van der Waals surface area contributed by atoms with Crippen molar-refractivity contribution in [2.45, 2.75) is 13.8 Å². The quantitative estimate of drug-likeness (QED) is 0.924. The van der Waals surface area contributed by atoms with Gasteiger partial charge in [0.15, 0.2) is 5.13 Å². The van der Waals surface area contributed by atoms with E-state index < -0.39 is 0 Å². The average Bonchev–Trinajstić information content (AvgIpc) is 3.00. The normalized spacial score (nSPS) is 15.0. The predicted molar refractivity (Wildman–Crippen MR) is 88.6 cm³/mol. The number of carbonyl (C=O) groups excluding carboxylic acids is 1. The van der Waals surface area contributed by atoms with Gasteiger partial charge in [-0.2, -0.15) is 0 Å². The van der Waals surface area contributed by atoms with E-state index in [4.69, 9.17) is 0 Å². The zero-order valence-electron chi connectivity index (χ0n) is 12.7. The lowest BCUT2D eigenvalue weighted by Crippen LogP contribution is -2.50. The molecular formula is C15H19N5OS. The minimum atomic E-state index is -0.0868. The van der Waals surface area contributed by atoms with E-state index in [0.29, 0.717) is 18.9 Å². The van der Waals surface area contributed by atoms with E-state index >= 15 is 0 Å².